The van der Waals surface area contributed by atoms with Gasteiger partial charge in [-0.25, -0.2) is 29.0 Å². The van der Waals surface area contributed by atoms with Crippen molar-refractivity contribution in [3.8, 4) is 17.3 Å². The summed E-state index contributed by atoms with van der Waals surface area (Å²) in [5, 5.41) is 20.8. The van der Waals surface area contributed by atoms with Gasteiger partial charge in [0.25, 0.3) is 0 Å². The van der Waals surface area contributed by atoms with Crippen LogP contribution in [0.25, 0.3) is 28.1 Å². The number of aromatic nitrogens is 7. The lowest BCUT2D eigenvalue weighted by Gasteiger charge is -2.32. The van der Waals surface area contributed by atoms with Crippen molar-refractivity contribution in [2.24, 2.45) is 0 Å². The molecular weight excluding hydrogens is 475 g/mol. The second-order valence-corrected chi connectivity index (χ2v) is 8.87. The number of morpholine rings is 1. The zero-order chi connectivity index (χ0) is 25.2. The van der Waals surface area contributed by atoms with E-state index in [2.05, 4.69) is 46.5 Å². The van der Waals surface area contributed by atoms with Crippen molar-refractivity contribution in [3.05, 3.63) is 59.8 Å². The molecule has 0 aliphatic carbocycles. The summed E-state index contributed by atoms with van der Waals surface area (Å²) in [6.45, 7) is 4.06. The highest BCUT2D eigenvalue weighted by Crippen LogP contribution is 2.23. The molecule has 1 unspecified atom stereocenters. The maximum Gasteiger partial charge on any atom is 0.225 e. The number of benzene rings is 1. The molecule has 0 bridgehead atoms. The fourth-order valence-electron chi connectivity index (χ4n) is 4.53. The molecule has 0 saturated carbocycles. The Hall–Kier alpha value is -4.34. The maximum absolute atomic E-state index is 13.8. The molecule has 1 saturated heterocycles. The number of halogens is 1. The fourth-order valence-corrected chi connectivity index (χ4v) is 4.53. The number of nitrogens with zero attached hydrogens (tertiary/aromatic N) is 9. The molecule has 11 nitrogen and oxygen atoms in total. The first kappa shape index (κ1) is 23.1. The summed E-state index contributed by atoms with van der Waals surface area (Å²) in [5.41, 5.74) is 4.23. The van der Waals surface area contributed by atoms with Gasteiger partial charge in [0, 0.05) is 43.2 Å². The van der Waals surface area contributed by atoms with Gasteiger partial charge < -0.3 is 15.0 Å². The van der Waals surface area contributed by atoms with E-state index in [1.165, 1.54) is 23.9 Å². The standard InChI is InChI=1S/C25H23FN10O/c26-21-2-1-17(9-18(21)10-27)22-13-29-23-24(32-22)36(34-33-23)15-20-14-35(7-8-37-20)25-30-11-19(12-31-25)16-3-5-28-6-4-16/h1-3,9,11-13,20,28H,4-8,14-15H2. The van der Waals surface area contributed by atoms with Crippen molar-refractivity contribution >= 4 is 22.8 Å². The zero-order valence-corrected chi connectivity index (χ0v) is 19.9. The van der Waals surface area contributed by atoms with Crippen molar-refractivity contribution < 1.29 is 9.13 Å². The van der Waals surface area contributed by atoms with E-state index in [4.69, 9.17) is 10.00 Å². The van der Waals surface area contributed by atoms with Gasteiger partial charge in [-0.2, -0.15) is 5.26 Å². The first-order valence-corrected chi connectivity index (χ1v) is 12.0. The maximum atomic E-state index is 13.8. The van der Waals surface area contributed by atoms with Gasteiger partial charge in [0.2, 0.25) is 11.6 Å². The van der Waals surface area contributed by atoms with Gasteiger partial charge in [0.15, 0.2) is 5.65 Å². The monoisotopic (exact) mass is 498 g/mol. The molecule has 186 valence electrons. The van der Waals surface area contributed by atoms with Crippen LogP contribution in [0.4, 0.5) is 10.3 Å². The Bertz CT molecular complexity index is 1510. The average molecular weight is 499 g/mol. The number of fused-ring (bicyclic) bond motifs is 1. The first-order chi connectivity index (χ1) is 18.2. The van der Waals surface area contributed by atoms with Crippen molar-refractivity contribution in [2.45, 2.75) is 19.1 Å². The molecule has 5 heterocycles. The van der Waals surface area contributed by atoms with Crippen LogP contribution in [-0.2, 0) is 11.3 Å². The van der Waals surface area contributed by atoms with E-state index in [0.29, 0.717) is 54.7 Å². The Morgan fingerprint density at radius 3 is 2.86 bits per heavy atom. The van der Waals surface area contributed by atoms with Crippen LogP contribution in [0, 0.1) is 17.1 Å². The fraction of sp³-hybridized carbons (Fsp3) is 0.320. The summed E-state index contributed by atoms with van der Waals surface area (Å²) in [5.74, 6) is 0.0923. The minimum Gasteiger partial charge on any atom is -0.373 e. The quantitative estimate of drug-likeness (QED) is 0.436. The summed E-state index contributed by atoms with van der Waals surface area (Å²) >= 11 is 0. The molecule has 1 fully saturated rings. The number of anilines is 1. The lowest BCUT2D eigenvalue weighted by atomic mass is 10.0. The largest absolute Gasteiger partial charge is 0.373 e. The third-order valence-corrected chi connectivity index (χ3v) is 6.48. The number of hydrogen-bond donors (Lipinski definition) is 1. The van der Waals surface area contributed by atoms with E-state index in [-0.39, 0.29) is 11.7 Å². The molecule has 0 radical (unpaired) electrons. The van der Waals surface area contributed by atoms with Crippen LogP contribution in [0.3, 0.4) is 0 Å². The van der Waals surface area contributed by atoms with E-state index in [1.54, 1.807) is 10.7 Å². The Kier molecular flexibility index (Phi) is 6.21. The van der Waals surface area contributed by atoms with Gasteiger partial charge in [-0.1, -0.05) is 11.3 Å². The van der Waals surface area contributed by atoms with Crippen molar-refractivity contribution in [3.63, 3.8) is 0 Å². The Morgan fingerprint density at radius 2 is 2.05 bits per heavy atom. The number of ether oxygens (including phenoxy) is 1. The van der Waals surface area contributed by atoms with E-state index in [0.717, 1.165) is 25.1 Å². The molecule has 0 amide bonds. The molecule has 2 aliphatic heterocycles. The highest BCUT2D eigenvalue weighted by molar-refractivity contribution is 5.70. The predicted molar refractivity (Wildman–Crippen MR) is 133 cm³/mol. The highest BCUT2D eigenvalue weighted by Gasteiger charge is 2.24. The highest BCUT2D eigenvalue weighted by atomic mass is 19.1. The molecule has 6 rings (SSSR count). The van der Waals surface area contributed by atoms with Crippen molar-refractivity contribution in [2.75, 3.05) is 37.7 Å². The Morgan fingerprint density at radius 1 is 1.16 bits per heavy atom. The molecule has 3 aromatic heterocycles. The third kappa shape index (κ3) is 4.74. The topological polar surface area (TPSA) is 131 Å². The SMILES string of the molecule is N#Cc1cc(-c2cnc3nnn(CC4CN(c5ncc(C6=CCNCC6)cn5)CCO4)c3n2)ccc1F. The van der Waals surface area contributed by atoms with Gasteiger partial charge in [-0.15, -0.1) is 5.10 Å². The van der Waals surface area contributed by atoms with E-state index in [1.807, 2.05) is 18.5 Å². The van der Waals surface area contributed by atoms with E-state index >= 15 is 0 Å². The summed E-state index contributed by atoms with van der Waals surface area (Å²) < 4.78 is 21.4. The molecule has 1 N–H and O–H groups in total. The molecule has 2 aliphatic rings. The van der Waals surface area contributed by atoms with Crippen molar-refractivity contribution in [1.29, 1.82) is 5.26 Å². The van der Waals surface area contributed by atoms with Crippen LogP contribution in [0.1, 0.15) is 17.5 Å². The number of hydrogen-bond acceptors (Lipinski definition) is 10. The Balaban J connectivity index is 1.19. The van der Waals surface area contributed by atoms with Crippen LogP contribution in [0.5, 0.6) is 0 Å². The Labute approximate surface area is 211 Å². The minimum absolute atomic E-state index is 0.0514. The third-order valence-electron chi connectivity index (χ3n) is 6.48. The van der Waals surface area contributed by atoms with Crippen molar-refractivity contribution in [1.82, 2.24) is 40.2 Å². The van der Waals surface area contributed by atoms with Crippen LogP contribution >= 0.6 is 0 Å². The molecule has 4 aromatic rings. The van der Waals surface area contributed by atoms with Crippen LogP contribution in [-0.4, -0.2) is 73.8 Å². The average Bonchev–Trinajstić information content (AvgIpc) is 3.36. The van der Waals surface area contributed by atoms with E-state index < -0.39 is 5.82 Å². The summed E-state index contributed by atoms with van der Waals surface area (Å²) in [4.78, 5) is 20.3. The second kappa shape index (κ2) is 9.96. The smallest absolute Gasteiger partial charge is 0.225 e. The second-order valence-electron chi connectivity index (χ2n) is 8.87. The molecule has 37 heavy (non-hydrogen) atoms. The van der Waals surface area contributed by atoms with Crippen LogP contribution in [0.2, 0.25) is 0 Å². The van der Waals surface area contributed by atoms with Gasteiger partial charge in [-0.05, 0) is 36.7 Å². The first-order valence-electron chi connectivity index (χ1n) is 12.0. The molecule has 0 spiro atoms. The van der Waals surface area contributed by atoms with Gasteiger partial charge in [0.05, 0.1) is 36.7 Å². The molecule has 1 aromatic carbocycles. The number of nitriles is 1. The zero-order valence-electron chi connectivity index (χ0n) is 19.9. The van der Waals surface area contributed by atoms with E-state index in [9.17, 15) is 4.39 Å². The van der Waals surface area contributed by atoms with Crippen LogP contribution in [0.15, 0.2) is 42.9 Å². The summed E-state index contributed by atoms with van der Waals surface area (Å²) in [6.07, 6.45) is 8.28. The number of rotatable bonds is 5. The predicted octanol–water partition coefficient (Wildman–Crippen LogP) is 1.97. The van der Waals surface area contributed by atoms with Gasteiger partial charge >= 0.3 is 0 Å². The molecule has 1 atom stereocenters. The lowest BCUT2D eigenvalue weighted by Crippen LogP contribution is -2.45. The lowest BCUT2D eigenvalue weighted by molar-refractivity contribution is 0.0273. The van der Waals surface area contributed by atoms with Crippen LogP contribution < -0.4 is 10.2 Å². The normalized spacial score (nSPS) is 18.0. The summed E-state index contributed by atoms with van der Waals surface area (Å²) in [7, 11) is 0. The molecule has 12 heteroatoms. The minimum atomic E-state index is -0.576. The van der Waals surface area contributed by atoms with Gasteiger partial charge in [0.1, 0.15) is 11.9 Å². The van der Waals surface area contributed by atoms with Gasteiger partial charge in [-0.3, -0.25) is 0 Å². The number of nitrogens with one attached hydrogen (secondary N) is 1. The molecular formula is C25H23FN10O. The summed E-state index contributed by atoms with van der Waals surface area (Å²) in [6, 6.07) is 6.12.